The van der Waals surface area contributed by atoms with Gasteiger partial charge in [0.1, 0.15) is 11.9 Å². The summed E-state index contributed by atoms with van der Waals surface area (Å²) in [7, 11) is 1.68. The van der Waals surface area contributed by atoms with Crippen molar-refractivity contribution in [3.8, 4) is 22.8 Å². The fourth-order valence-corrected chi connectivity index (χ4v) is 4.00. The Morgan fingerprint density at radius 1 is 1.00 bits per heavy atom. The fourth-order valence-electron chi connectivity index (χ4n) is 4.00. The Labute approximate surface area is 143 Å². The molecular weight excluding hydrogens is 300 g/mol. The first-order valence-corrected chi connectivity index (χ1v) is 8.76. The van der Waals surface area contributed by atoms with Crippen molar-refractivity contribution in [3.05, 3.63) is 42.6 Å². The van der Waals surface area contributed by atoms with Crippen molar-refractivity contribution in [2.45, 2.75) is 31.9 Å². The van der Waals surface area contributed by atoms with Crippen molar-refractivity contribution in [3.63, 3.8) is 0 Å². The maximum absolute atomic E-state index is 6.26. The zero-order valence-electron chi connectivity index (χ0n) is 14.3. The molecule has 24 heavy (non-hydrogen) atoms. The molecule has 3 aliphatic rings. The summed E-state index contributed by atoms with van der Waals surface area (Å²) in [5.74, 6) is 2.27. The van der Waals surface area contributed by atoms with Crippen LogP contribution in [-0.4, -0.2) is 42.2 Å². The fraction of sp³-hybridized carbons (Fsp3) is 0.450. The second kappa shape index (κ2) is 6.44. The van der Waals surface area contributed by atoms with Crippen molar-refractivity contribution in [1.29, 1.82) is 0 Å². The lowest BCUT2D eigenvalue weighted by Crippen LogP contribution is -2.58. The van der Waals surface area contributed by atoms with E-state index >= 15 is 0 Å². The summed E-state index contributed by atoms with van der Waals surface area (Å²) in [6.45, 7) is 4.72. The number of hydrogen-bond donors (Lipinski definition) is 0. The third-order valence-electron chi connectivity index (χ3n) is 5.51. The molecule has 4 heteroatoms. The minimum Gasteiger partial charge on any atom is -0.497 e. The zero-order chi connectivity index (χ0) is 16.5. The van der Waals surface area contributed by atoms with E-state index in [1.54, 1.807) is 7.11 Å². The van der Waals surface area contributed by atoms with Crippen molar-refractivity contribution < 1.29 is 9.47 Å². The van der Waals surface area contributed by atoms with Crippen LogP contribution < -0.4 is 9.47 Å². The lowest BCUT2D eigenvalue weighted by Gasteiger charge is -2.49. The number of benzene rings is 1. The standard InChI is InChI=1S/C20H24N2O2/c1-14-20(16-9-11-22(14)12-10-16)24-19-8-5-17(13-21-19)15-3-6-18(23-2)7-4-15/h3-8,13-14,16,20H,9-12H2,1-2H3/t14-,20-/m0/s1. The van der Waals surface area contributed by atoms with Gasteiger partial charge in [0.05, 0.1) is 7.11 Å². The first-order valence-electron chi connectivity index (χ1n) is 8.76. The Hall–Kier alpha value is -2.07. The normalized spacial score (nSPS) is 28.6. The highest BCUT2D eigenvalue weighted by atomic mass is 16.5. The summed E-state index contributed by atoms with van der Waals surface area (Å²) in [6.07, 6.45) is 4.66. The maximum atomic E-state index is 6.26. The average Bonchev–Trinajstić information content (AvgIpc) is 2.66. The van der Waals surface area contributed by atoms with Gasteiger partial charge in [-0.05, 0) is 62.5 Å². The number of nitrogens with zero attached hydrogens (tertiary/aromatic N) is 2. The minimum absolute atomic E-state index is 0.270. The molecule has 4 nitrogen and oxygen atoms in total. The second-order valence-corrected chi connectivity index (χ2v) is 6.81. The molecule has 0 aliphatic carbocycles. The first-order chi connectivity index (χ1) is 11.7. The molecule has 3 fully saturated rings. The van der Waals surface area contributed by atoms with Crippen molar-refractivity contribution in [2.24, 2.45) is 5.92 Å². The molecule has 4 heterocycles. The monoisotopic (exact) mass is 324 g/mol. The molecule has 2 atom stereocenters. The molecule has 0 amide bonds. The van der Waals surface area contributed by atoms with E-state index in [1.807, 2.05) is 36.5 Å². The molecule has 3 aliphatic heterocycles. The van der Waals surface area contributed by atoms with Gasteiger partial charge in [0, 0.05) is 23.9 Å². The number of fused-ring (bicyclic) bond motifs is 3. The lowest BCUT2D eigenvalue weighted by atomic mass is 9.81. The van der Waals surface area contributed by atoms with Crippen LogP contribution in [0, 0.1) is 5.92 Å². The van der Waals surface area contributed by atoms with Crippen molar-refractivity contribution in [2.75, 3.05) is 20.2 Å². The molecule has 2 aromatic rings. The number of aromatic nitrogens is 1. The van der Waals surface area contributed by atoms with Crippen LogP contribution in [0.3, 0.4) is 0 Å². The van der Waals surface area contributed by atoms with Gasteiger partial charge in [-0.15, -0.1) is 0 Å². The molecule has 0 saturated carbocycles. The third-order valence-corrected chi connectivity index (χ3v) is 5.51. The number of ether oxygens (including phenoxy) is 2. The van der Waals surface area contributed by atoms with Crippen LogP contribution in [0.25, 0.3) is 11.1 Å². The minimum atomic E-state index is 0.270. The molecule has 1 aromatic heterocycles. The van der Waals surface area contributed by atoms with E-state index in [4.69, 9.17) is 9.47 Å². The highest BCUT2D eigenvalue weighted by Crippen LogP contribution is 2.34. The SMILES string of the molecule is COc1ccc(-c2ccc(O[C@@H]3C4CCN(CC4)[C@H]3C)nc2)cc1. The van der Waals surface area contributed by atoms with Crippen LogP contribution in [0.15, 0.2) is 42.6 Å². The Balaban J connectivity index is 1.47. The average molecular weight is 324 g/mol. The van der Waals surface area contributed by atoms with Crippen molar-refractivity contribution >= 4 is 0 Å². The van der Waals surface area contributed by atoms with Crippen LogP contribution in [0.4, 0.5) is 0 Å². The van der Waals surface area contributed by atoms with Gasteiger partial charge in [0.25, 0.3) is 0 Å². The zero-order valence-corrected chi connectivity index (χ0v) is 14.3. The van der Waals surface area contributed by atoms with Crippen LogP contribution in [0.5, 0.6) is 11.6 Å². The Morgan fingerprint density at radius 3 is 2.29 bits per heavy atom. The van der Waals surface area contributed by atoms with E-state index in [2.05, 4.69) is 22.9 Å². The van der Waals surface area contributed by atoms with Gasteiger partial charge in [-0.1, -0.05) is 12.1 Å². The molecule has 1 aromatic carbocycles. The second-order valence-electron chi connectivity index (χ2n) is 6.81. The molecule has 5 rings (SSSR count). The third kappa shape index (κ3) is 2.86. The predicted octanol–water partition coefficient (Wildman–Crippen LogP) is 3.62. The van der Waals surface area contributed by atoms with Gasteiger partial charge in [-0.3, -0.25) is 4.90 Å². The van der Waals surface area contributed by atoms with Gasteiger partial charge < -0.3 is 9.47 Å². The molecule has 0 N–H and O–H groups in total. The van der Waals surface area contributed by atoms with Crippen LogP contribution in [0.2, 0.25) is 0 Å². The number of piperidine rings is 3. The van der Waals surface area contributed by atoms with E-state index in [-0.39, 0.29) is 6.10 Å². The van der Waals surface area contributed by atoms with Gasteiger partial charge >= 0.3 is 0 Å². The predicted molar refractivity (Wildman–Crippen MR) is 94.4 cm³/mol. The molecule has 0 radical (unpaired) electrons. The summed E-state index contributed by atoms with van der Waals surface area (Å²) in [6, 6.07) is 12.6. The molecule has 2 bridgehead atoms. The molecule has 0 unspecified atom stereocenters. The molecule has 126 valence electrons. The largest absolute Gasteiger partial charge is 0.497 e. The molecular formula is C20H24N2O2. The number of rotatable bonds is 4. The highest BCUT2D eigenvalue weighted by molar-refractivity contribution is 5.63. The van der Waals surface area contributed by atoms with Gasteiger partial charge in [0.2, 0.25) is 5.88 Å². The molecule has 3 saturated heterocycles. The highest BCUT2D eigenvalue weighted by Gasteiger charge is 2.41. The smallest absolute Gasteiger partial charge is 0.213 e. The van der Waals surface area contributed by atoms with E-state index in [9.17, 15) is 0 Å². The lowest BCUT2D eigenvalue weighted by molar-refractivity contribution is -0.0525. The van der Waals surface area contributed by atoms with E-state index in [0.717, 1.165) is 22.8 Å². The summed E-state index contributed by atoms with van der Waals surface area (Å²) in [4.78, 5) is 7.08. The van der Waals surface area contributed by atoms with Crippen LogP contribution in [-0.2, 0) is 0 Å². The Bertz CT molecular complexity index is 674. The van der Waals surface area contributed by atoms with Crippen molar-refractivity contribution in [1.82, 2.24) is 9.88 Å². The maximum Gasteiger partial charge on any atom is 0.213 e. The Morgan fingerprint density at radius 2 is 1.71 bits per heavy atom. The Kier molecular flexibility index (Phi) is 4.15. The number of hydrogen-bond acceptors (Lipinski definition) is 4. The summed E-state index contributed by atoms with van der Waals surface area (Å²) in [5.41, 5.74) is 2.22. The summed E-state index contributed by atoms with van der Waals surface area (Å²) >= 11 is 0. The summed E-state index contributed by atoms with van der Waals surface area (Å²) in [5, 5.41) is 0. The van der Waals surface area contributed by atoms with Crippen LogP contribution >= 0.6 is 0 Å². The van der Waals surface area contributed by atoms with Gasteiger partial charge in [-0.2, -0.15) is 0 Å². The van der Waals surface area contributed by atoms with E-state index in [1.165, 1.54) is 25.9 Å². The van der Waals surface area contributed by atoms with Gasteiger partial charge in [-0.25, -0.2) is 4.98 Å². The van der Waals surface area contributed by atoms with Crippen LogP contribution in [0.1, 0.15) is 19.8 Å². The number of pyridine rings is 1. The number of methoxy groups -OCH3 is 1. The first kappa shape index (κ1) is 15.5. The van der Waals surface area contributed by atoms with E-state index < -0.39 is 0 Å². The quantitative estimate of drug-likeness (QED) is 0.860. The topological polar surface area (TPSA) is 34.6 Å². The molecule has 0 spiro atoms. The summed E-state index contributed by atoms with van der Waals surface area (Å²) < 4.78 is 11.5. The van der Waals surface area contributed by atoms with E-state index in [0.29, 0.717) is 12.0 Å². The van der Waals surface area contributed by atoms with Gasteiger partial charge in [0.15, 0.2) is 0 Å².